The summed E-state index contributed by atoms with van der Waals surface area (Å²) in [7, 11) is 0. The van der Waals surface area contributed by atoms with Crippen LogP contribution in [0.15, 0.2) is 0 Å². The van der Waals surface area contributed by atoms with E-state index in [1.54, 1.807) is 0 Å². The molecule has 4 heavy (non-hydrogen) atoms. The molecule has 0 aliphatic carbocycles. The van der Waals surface area contributed by atoms with Crippen LogP contribution in [-0.2, 0) is 0 Å². The molecular formula is I2Sm2+4. The van der Waals surface area contributed by atoms with Gasteiger partial charge in [-0.3, -0.25) is 0 Å². The molecule has 0 nitrogen and oxygen atoms in total. The predicted molar refractivity (Wildman–Crippen MR) is 0 cm³/mol. The van der Waals surface area contributed by atoms with E-state index in [1.165, 1.54) is 0 Å². The van der Waals surface area contributed by atoms with Gasteiger partial charge in [0.25, 0.3) is 0 Å². The smallest absolute Gasteiger partial charge is 1.00 e. The van der Waals surface area contributed by atoms with Crippen LogP contribution in [0.25, 0.3) is 0 Å². The molecule has 0 heterocycles. The molecule has 22 valence electrons. The van der Waals surface area contributed by atoms with Gasteiger partial charge in [0, 0.05) is 0 Å². The van der Waals surface area contributed by atoms with Gasteiger partial charge in [-0.25, -0.2) is 0 Å². The van der Waals surface area contributed by atoms with E-state index < -0.39 is 0 Å². The van der Waals surface area contributed by atoms with E-state index in [9.17, 15) is 0 Å². The van der Waals surface area contributed by atoms with Crippen molar-refractivity contribution in [3.8, 4) is 0 Å². The first-order valence-corrected chi connectivity index (χ1v) is 0. The second-order valence-electron chi connectivity index (χ2n) is 0. The van der Waals surface area contributed by atoms with Gasteiger partial charge < -0.3 is 48.0 Å². The van der Waals surface area contributed by atoms with Gasteiger partial charge in [0.1, 0.15) is 0 Å². The number of hydrogen-bond acceptors (Lipinski definition) is 0. The van der Waals surface area contributed by atoms with E-state index in [1.807, 2.05) is 0 Å². The molecule has 0 saturated heterocycles. The third-order valence-electron chi connectivity index (χ3n) is 0. The van der Waals surface area contributed by atoms with Crippen molar-refractivity contribution in [3.05, 3.63) is 0 Å². The minimum absolute atomic E-state index is 0. The van der Waals surface area contributed by atoms with Crippen molar-refractivity contribution < 1.29 is 129 Å². The summed E-state index contributed by atoms with van der Waals surface area (Å²) in [6, 6.07) is 0. The Morgan fingerprint density at radius 1 is 0.500 bits per heavy atom. The summed E-state index contributed by atoms with van der Waals surface area (Å²) in [5.74, 6) is 0. The van der Waals surface area contributed by atoms with Gasteiger partial charge in [0.05, 0.1) is 0 Å². The van der Waals surface area contributed by atoms with Crippen LogP contribution in [0.1, 0.15) is 0 Å². The number of rotatable bonds is 0. The molecular weight excluding hydrogens is 555 g/mol. The van der Waals surface area contributed by atoms with Crippen molar-refractivity contribution in [3.63, 3.8) is 0 Å². The van der Waals surface area contributed by atoms with Crippen LogP contribution >= 0.6 is 0 Å². The van der Waals surface area contributed by atoms with Crippen LogP contribution in [-0.4, -0.2) is 0 Å². The van der Waals surface area contributed by atoms with Gasteiger partial charge in [-0.1, -0.05) is 0 Å². The molecule has 0 bridgehead atoms. The molecule has 0 aliphatic heterocycles. The molecule has 2 radical (unpaired) electrons. The molecule has 0 aromatic carbocycles. The van der Waals surface area contributed by atoms with Gasteiger partial charge in [0.2, 0.25) is 0 Å². The Morgan fingerprint density at radius 2 is 0.500 bits per heavy atom. The summed E-state index contributed by atoms with van der Waals surface area (Å²) in [5, 5.41) is 0. The largest absolute Gasteiger partial charge is 3.00 e. The molecule has 0 unspecified atom stereocenters. The average molecular weight is 555 g/mol. The van der Waals surface area contributed by atoms with Gasteiger partial charge in [-0.05, 0) is 0 Å². The molecule has 0 spiro atoms. The van der Waals surface area contributed by atoms with Crippen molar-refractivity contribution >= 4 is 0 Å². The van der Waals surface area contributed by atoms with E-state index in [4.69, 9.17) is 0 Å². The summed E-state index contributed by atoms with van der Waals surface area (Å²) in [4.78, 5) is 0. The van der Waals surface area contributed by atoms with Crippen molar-refractivity contribution in [1.29, 1.82) is 0 Å². The normalized spacial score (nSPS) is 0. The summed E-state index contributed by atoms with van der Waals surface area (Å²) in [6.45, 7) is 0. The molecule has 0 saturated carbocycles. The van der Waals surface area contributed by atoms with Crippen molar-refractivity contribution in [1.82, 2.24) is 0 Å². The molecule has 0 N–H and O–H groups in total. The SMILES string of the molecule is [I-].[I-].[Sm+3].[Sm+3]. The average Bonchev–Trinajstić information content (AvgIpc) is 0. The molecule has 0 aromatic rings. The topological polar surface area (TPSA) is 0 Å². The standard InChI is InChI=1S/2HI.2Sm/h2*1H;;/q;;2*+3/p-2. The summed E-state index contributed by atoms with van der Waals surface area (Å²) in [6.07, 6.45) is 0. The van der Waals surface area contributed by atoms with Crippen molar-refractivity contribution in [2.45, 2.75) is 0 Å². The predicted octanol–water partition coefficient (Wildman–Crippen LogP) is -5.99. The molecule has 0 amide bonds. The molecule has 0 aliphatic rings. The first-order valence-electron chi connectivity index (χ1n) is 0. The minimum atomic E-state index is 0. The van der Waals surface area contributed by atoms with E-state index >= 15 is 0 Å². The van der Waals surface area contributed by atoms with E-state index in [-0.39, 0.29) is 129 Å². The van der Waals surface area contributed by atoms with E-state index in [2.05, 4.69) is 0 Å². The fraction of sp³-hybridized carbons (Fsp3) is 0. The number of hydrogen-bond donors (Lipinski definition) is 0. The zero-order valence-electron chi connectivity index (χ0n) is 1.57. The fourth-order valence-corrected chi connectivity index (χ4v) is 0. The quantitative estimate of drug-likeness (QED) is 0.262. The second-order valence-corrected chi connectivity index (χ2v) is 0. The monoisotopic (exact) mass is 558 g/mol. The van der Waals surface area contributed by atoms with Crippen LogP contribution in [0, 0.1) is 80.8 Å². The maximum Gasteiger partial charge on any atom is 3.00 e. The maximum absolute atomic E-state index is 0. The Bertz CT molecular complexity index is 4.00. The molecule has 0 atom stereocenters. The Kier molecular flexibility index (Phi) is 95.1. The molecule has 4 heteroatoms. The first-order chi connectivity index (χ1) is 0. The Balaban J connectivity index is 0. The zero-order chi connectivity index (χ0) is 0. The van der Waals surface area contributed by atoms with E-state index in [0.717, 1.165) is 0 Å². The van der Waals surface area contributed by atoms with Crippen LogP contribution in [0.2, 0.25) is 0 Å². The van der Waals surface area contributed by atoms with Crippen LogP contribution in [0.4, 0.5) is 0 Å². The van der Waals surface area contributed by atoms with Gasteiger partial charge >= 0.3 is 80.8 Å². The number of halogens is 2. The molecule has 0 rings (SSSR count). The zero-order valence-corrected chi connectivity index (χ0v) is 11.1. The third-order valence-corrected chi connectivity index (χ3v) is 0. The first kappa shape index (κ1) is 24.2. The fourth-order valence-electron chi connectivity index (χ4n) is 0. The Labute approximate surface area is 125 Å². The summed E-state index contributed by atoms with van der Waals surface area (Å²) >= 11 is 0. The van der Waals surface area contributed by atoms with Crippen LogP contribution in [0.3, 0.4) is 0 Å². The molecule has 0 aromatic heterocycles. The van der Waals surface area contributed by atoms with Gasteiger partial charge in [0.15, 0.2) is 0 Å². The maximum atomic E-state index is 0. The minimum Gasteiger partial charge on any atom is -1.00 e. The third kappa shape index (κ3) is 9.46. The van der Waals surface area contributed by atoms with Crippen LogP contribution < -0.4 is 48.0 Å². The molecule has 0 fully saturated rings. The summed E-state index contributed by atoms with van der Waals surface area (Å²) < 4.78 is 0. The Hall–Kier alpha value is 4.14. The van der Waals surface area contributed by atoms with Gasteiger partial charge in [-0.15, -0.1) is 0 Å². The van der Waals surface area contributed by atoms with Crippen molar-refractivity contribution in [2.24, 2.45) is 0 Å². The summed E-state index contributed by atoms with van der Waals surface area (Å²) in [5.41, 5.74) is 0. The van der Waals surface area contributed by atoms with Crippen LogP contribution in [0.5, 0.6) is 0 Å². The van der Waals surface area contributed by atoms with E-state index in [0.29, 0.717) is 0 Å². The van der Waals surface area contributed by atoms with Crippen molar-refractivity contribution in [2.75, 3.05) is 0 Å². The van der Waals surface area contributed by atoms with Gasteiger partial charge in [-0.2, -0.15) is 0 Å². The second kappa shape index (κ2) is 15.7. The Morgan fingerprint density at radius 3 is 0.500 bits per heavy atom.